The van der Waals surface area contributed by atoms with Crippen LogP contribution < -0.4 is 5.32 Å². The van der Waals surface area contributed by atoms with E-state index in [1.165, 1.54) is 12.8 Å². The van der Waals surface area contributed by atoms with Gasteiger partial charge in [0.15, 0.2) is 0 Å². The highest BCUT2D eigenvalue weighted by molar-refractivity contribution is 7.83. The molecule has 1 atom stereocenters. The number of benzene rings is 1. The fourth-order valence-corrected chi connectivity index (χ4v) is 3.37. The van der Waals surface area contributed by atoms with E-state index in [9.17, 15) is 9.00 Å². The van der Waals surface area contributed by atoms with E-state index in [0.717, 1.165) is 18.4 Å². The largest absolute Gasteiger partial charge is 0.368 e. The van der Waals surface area contributed by atoms with Crippen molar-refractivity contribution in [2.45, 2.75) is 37.5 Å². The lowest BCUT2D eigenvalue weighted by molar-refractivity contribution is -0.122. The minimum Gasteiger partial charge on any atom is -0.368 e. The normalized spacial score (nSPS) is 16.9. The minimum atomic E-state index is -0.975. The van der Waals surface area contributed by atoms with E-state index < -0.39 is 10.8 Å². The summed E-state index contributed by atoms with van der Waals surface area (Å²) < 4.78 is 16.9. The third-order valence-corrected chi connectivity index (χ3v) is 4.53. The maximum absolute atomic E-state index is 11.9. The van der Waals surface area contributed by atoms with E-state index in [1.54, 1.807) is 24.5 Å². The van der Waals surface area contributed by atoms with Crippen LogP contribution >= 0.6 is 11.6 Å². The Morgan fingerprint density at radius 1 is 1.43 bits per heavy atom. The van der Waals surface area contributed by atoms with Crippen LogP contribution in [0.2, 0.25) is 5.02 Å². The molecule has 1 aromatic carbocycles. The molecule has 2 rings (SSSR count). The average Bonchev–Trinajstić information content (AvgIpc) is 2.93. The molecule has 0 saturated heterocycles. The first kappa shape index (κ1) is 16.5. The molecular weight excluding hydrogens is 310 g/mol. The van der Waals surface area contributed by atoms with Gasteiger partial charge in [0.05, 0.1) is 6.10 Å². The van der Waals surface area contributed by atoms with E-state index in [4.69, 9.17) is 16.3 Å². The summed E-state index contributed by atoms with van der Waals surface area (Å²) in [5, 5.41) is 3.35. The number of carbonyl (C=O) groups is 1. The van der Waals surface area contributed by atoms with Crippen molar-refractivity contribution in [1.29, 1.82) is 0 Å². The van der Waals surface area contributed by atoms with Crippen LogP contribution in [-0.4, -0.2) is 29.1 Å². The van der Waals surface area contributed by atoms with Crippen LogP contribution in [0.15, 0.2) is 18.2 Å². The zero-order valence-electron chi connectivity index (χ0n) is 12.1. The van der Waals surface area contributed by atoms with Crippen molar-refractivity contribution in [1.82, 2.24) is 0 Å². The van der Waals surface area contributed by atoms with E-state index >= 15 is 0 Å². The summed E-state index contributed by atoms with van der Waals surface area (Å²) in [6, 6.07) is 5.20. The van der Waals surface area contributed by atoms with Gasteiger partial charge in [-0.2, -0.15) is 0 Å². The predicted molar refractivity (Wildman–Crippen MR) is 86.1 cm³/mol. The number of carbonyl (C=O) groups excluding carboxylic acids is 1. The zero-order chi connectivity index (χ0) is 15.2. The Labute approximate surface area is 132 Å². The number of ether oxygens (including phenoxy) is 1. The minimum absolute atomic E-state index is 0.0718. The standard InChI is InChI=1S/C15H20ClNO3S/c1-21(19)10-11-8-12(6-7-14(11)16)17-15(18)9-20-13-4-2-3-5-13/h6-8,13H,2-5,9-10H2,1H3,(H,17,18). The van der Waals surface area contributed by atoms with Crippen LogP contribution in [0.25, 0.3) is 0 Å². The predicted octanol–water partition coefficient (Wildman–Crippen LogP) is 3.12. The quantitative estimate of drug-likeness (QED) is 0.872. The number of amides is 1. The van der Waals surface area contributed by atoms with Gasteiger partial charge in [-0.3, -0.25) is 9.00 Å². The first-order valence-corrected chi connectivity index (χ1v) is 9.15. The molecule has 1 N–H and O–H groups in total. The summed E-state index contributed by atoms with van der Waals surface area (Å²) in [6.07, 6.45) is 6.29. The molecule has 4 nitrogen and oxygen atoms in total. The van der Waals surface area contributed by atoms with Gasteiger partial charge >= 0.3 is 0 Å². The summed E-state index contributed by atoms with van der Waals surface area (Å²) in [5.41, 5.74) is 1.42. The molecule has 1 fully saturated rings. The maximum Gasteiger partial charge on any atom is 0.250 e. The summed E-state index contributed by atoms with van der Waals surface area (Å²) >= 11 is 6.05. The summed E-state index contributed by atoms with van der Waals surface area (Å²) in [6.45, 7) is 0.0718. The molecule has 6 heteroatoms. The zero-order valence-corrected chi connectivity index (χ0v) is 13.6. The van der Waals surface area contributed by atoms with Crippen LogP contribution in [0.4, 0.5) is 5.69 Å². The summed E-state index contributed by atoms with van der Waals surface area (Å²) in [5.74, 6) is 0.203. The van der Waals surface area contributed by atoms with Gasteiger partial charge in [-0.05, 0) is 36.6 Å². The monoisotopic (exact) mass is 329 g/mol. The summed E-state index contributed by atoms with van der Waals surface area (Å²) in [4.78, 5) is 11.9. The topological polar surface area (TPSA) is 55.4 Å². The Kier molecular flexibility index (Phi) is 6.21. The van der Waals surface area contributed by atoms with Gasteiger partial charge in [0.2, 0.25) is 5.91 Å². The van der Waals surface area contributed by atoms with Gasteiger partial charge in [-0.25, -0.2) is 0 Å². The molecule has 116 valence electrons. The first-order chi connectivity index (χ1) is 10.0. The Morgan fingerprint density at radius 2 is 2.14 bits per heavy atom. The second kappa shape index (κ2) is 7.92. The molecule has 0 aromatic heterocycles. The molecule has 1 aliphatic rings. The maximum atomic E-state index is 11.9. The van der Waals surface area contributed by atoms with E-state index in [0.29, 0.717) is 16.5 Å². The molecule has 0 aliphatic heterocycles. The van der Waals surface area contributed by atoms with E-state index in [-0.39, 0.29) is 18.6 Å². The molecule has 1 aromatic rings. The lowest BCUT2D eigenvalue weighted by Crippen LogP contribution is -2.22. The van der Waals surface area contributed by atoms with Gasteiger partial charge in [-0.1, -0.05) is 24.4 Å². The average molecular weight is 330 g/mol. The van der Waals surface area contributed by atoms with Crippen LogP contribution in [0, 0.1) is 0 Å². The van der Waals surface area contributed by atoms with E-state index in [1.807, 2.05) is 0 Å². The number of anilines is 1. The molecule has 1 saturated carbocycles. The van der Waals surface area contributed by atoms with Gasteiger partial charge in [0.1, 0.15) is 6.61 Å². The highest BCUT2D eigenvalue weighted by atomic mass is 35.5. The fraction of sp³-hybridized carbons (Fsp3) is 0.533. The van der Waals surface area contributed by atoms with Crippen LogP contribution in [0.3, 0.4) is 0 Å². The Morgan fingerprint density at radius 3 is 2.81 bits per heavy atom. The van der Waals surface area contributed by atoms with Crippen molar-refractivity contribution in [3.05, 3.63) is 28.8 Å². The van der Waals surface area contributed by atoms with Crippen LogP contribution in [-0.2, 0) is 26.1 Å². The highest BCUT2D eigenvalue weighted by Gasteiger charge is 2.16. The van der Waals surface area contributed by atoms with Gasteiger partial charge in [0.25, 0.3) is 0 Å². The van der Waals surface area contributed by atoms with Crippen LogP contribution in [0.5, 0.6) is 0 Å². The Hall–Kier alpha value is -0.910. The van der Waals surface area contributed by atoms with E-state index in [2.05, 4.69) is 5.32 Å². The lowest BCUT2D eigenvalue weighted by atomic mass is 10.2. The van der Waals surface area contributed by atoms with Gasteiger partial charge in [-0.15, -0.1) is 0 Å². The SMILES string of the molecule is CS(=O)Cc1cc(NC(=O)COC2CCCC2)ccc1Cl. The molecule has 0 spiro atoms. The first-order valence-electron chi connectivity index (χ1n) is 7.04. The number of halogens is 1. The number of nitrogens with one attached hydrogen (secondary N) is 1. The molecule has 0 radical (unpaired) electrons. The van der Waals surface area contributed by atoms with Crippen molar-refractivity contribution in [2.24, 2.45) is 0 Å². The Bertz CT molecular complexity index is 530. The highest BCUT2D eigenvalue weighted by Crippen LogP contribution is 2.23. The second-order valence-corrected chi connectivity index (χ2v) is 7.13. The molecular formula is C15H20ClNO3S. The smallest absolute Gasteiger partial charge is 0.250 e. The molecule has 0 heterocycles. The lowest BCUT2D eigenvalue weighted by Gasteiger charge is -2.12. The van der Waals surface area contributed by atoms with Crippen molar-refractivity contribution in [3.8, 4) is 0 Å². The van der Waals surface area contributed by atoms with Crippen molar-refractivity contribution >= 4 is 34.0 Å². The van der Waals surface area contributed by atoms with Crippen LogP contribution in [0.1, 0.15) is 31.2 Å². The fourth-order valence-electron chi connectivity index (χ4n) is 2.43. The molecule has 21 heavy (non-hydrogen) atoms. The second-order valence-electron chi connectivity index (χ2n) is 5.29. The number of hydrogen-bond acceptors (Lipinski definition) is 3. The van der Waals surface area contributed by atoms with Crippen molar-refractivity contribution < 1.29 is 13.7 Å². The summed E-state index contributed by atoms with van der Waals surface area (Å²) in [7, 11) is -0.975. The molecule has 1 amide bonds. The van der Waals surface area contributed by atoms with Crippen molar-refractivity contribution in [3.63, 3.8) is 0 Å². The van der Waals surface area contributed by atoms with Crippen molar-refractivity contribution in [2.75, 3.05) is 18.2 Å². The molecule has 1 unspecified atom stereocenters. The Balaban J connectivity index is 1.89. The number of rotatable bonds is 6. The molecule has 0 bridgehead atoms. The number of hydrogen-bond donors (Lipinski definition) is 1. The third-order valence-electron chi connectivity index (χ3n) is 3.44. The molecule has 1 aliphatic carbocycles. The van der Waals surface area contributed by atoms with Gasteiger partial charge < -0.3 is 10.1 Å². The van der Waals surface area contributed by atoms with Gasteiger partial charge in [0, 0.05) is 33.5 Å². The third kappa shape index (κ3) is 5.41.